The summed E-state index contributed by atoms with van der Waals surface area (Å²) < 4.78 is 5.02. The van der Waals surface area contributed by atoms with E-state index in [1.165, 1.54) is 10.8 Å². The number of piperazine rings is 1. The number of carbonyl (C=O) groups is 2. The zero-order valence-electron chi connectivity index (χ0n) is 13.8. The summed E-state index contributed by atoms with van der Waals surface area (Å²) >= 11 is 0. The van der Waals surface area contributed by atoms with Gasteiger partial charge >= 0.3 is 5.97 Å². The summed E-state index contributed by atoms with van der Waals surface area (Å²) in [6, 6.07) is 13.9. The quantitative estimate of drug-likeness (QED) is 0.855. The number of hydrogen-bond donors (Lipinski definition) is 1. The molecule has 1 aliphatic rings. The molecule has 24 heavy (non-hydrogen) atoms. The minimum atomic E-state index is -0.475. The van der Waals surface area contributed by atoms with Gasteiger partial charge in [0.15, 0.2) is 0 Å². The van der Waals surface area contributed by atoms with Gasteiger partial charge in [-0.05, 0) is 23.3 Å². The molecule has 0 unspecified atom stereocenters. The highest BCUT2D eigenvalue weighted by Crippen LogP contribution is 2.22. The Morgan fingerprint density at radius 1 is 1.25 bits per heavy atom. The van der Waals surface area contributed by atoms with Crippen LogP contribution in [0.1, 0.15) is 18.9 Å². The fraction of sp³-hybridized carbons (Fsp3) is 0.368. The van der Waals surface area contributed by atoms with Crippen LogP contribution in [-0.4, -0.2) is 42.5 Å². The highest BCUT2D eigenvalue weighted by molar-refractivity contribution is 5.88. The zero-order chi connectivity index (χ0) is 16.9. The first-order chi connectivity index (χ1) is 11.7. The molecule has 0 radical (unpaired) electrons. The molecule has 1 atom stereocenters. The Morgan fingerprint density at radius 2 is 2.04 bits per heavy atom. The van der Waals surface area contributed by atoms with Gasteiger partial charge < -0.3 is 10.1 Å². The number of esters is 1. The van der Waals surface area contributed by atoms with Gasteiger partial charge in [-0.2, -0.15) is 0 Å². The Balaban J connectivity index is 1.82. The minimum Gasteiger partial charge on any atom is -0.466 e. The average molecular weight is 326 g/mol. The maximum Gasteiger partial charge on any atom is 0.307 e. The second kappa shape index (κ2) is 7.45. The van der Waals surface area contributed by atoms with Crippen molar-refractivity contribution in [2.75, 3.05) is 19.7 Å². The standard InChI is InChI=1S/C19H22N2O3/c1-2-24-18(22)12-17-19(23)20-10-11-21(17)13-15-8-5-7-14-6-3-4-9-16(14)15/h3-9,17H,2,10-13H2,1H3,(H,20,23)/t17-/m0/s1. The van der Waals surface area contributed by atoms with Crippen molar-refractivity contribution < 1.29 is 14.3 Å². The second-order valence-corrected chi connectivity index (χ2v) is 5.92. The van der Waals surface area contributed by atoms with E-state index in [0.29, 0.717) is 19.7 Å². The smallest absolute Gasteiger partial charge is 0.307 e. The fourth-order valence-corrected chi connectivity index (χ4v) is 3.20. The number of carbonyl (C=O) groups excluding carboxylic acids is 2. The summed E-state index contributed by atoms with van der Waals surface area (Å²) in [7, 11) is 0. The van der Waals surface area contributed by atoms with Crippen molar-refractivity contribution in [3.63, 3.8) is 0 Å². The van der Waals surface area contributed by atoms with E-state index in [1.807, 2.05) is 18.2 Å². The Bertz CT molecular complexity index is 739. The highest BCUT2D eigenvalue weighted by Gasteiger charge is 2.32. The lowest BCUT2D eigenvalue weighted by Gasteiger charge is -2.34. The van der Waals surface area contributed by atoms with Crippen LogP contribution in [-0.2, 0) is 20.9 Å². The first kappa shape index (κ1) is 16.5. The first-order valence-corrected chi connectivity index (χ1v) is 8.33. The van der Waals surface area contributed by atoms with Gasteiger partial charge in [0.1, 0.15) is 6.04 Å². The first-order valence-electron chi connectivity index (χ1n) is 8.33. The average Bonchev–Trinajstić information content (AvgIpc) is 2.58. The van der Waals surface area contributed by atoms with E-state index >= 15 is 0 Å². The van der Waals surface area contributed by atoms with Crippen LogP contribution in [0, 0.1) is 0 Å². The van der Waals surface area contributed by atoms with E-state index in [9.17, 15) is 9.59 Å². The monoisotopic (exact) mass is 326 g/mol. The van der Waals surface area contributed by atoms with Gasteiger partial charge in [-0.3, -0.25) is 14.5 Å². The van der Waals surface area contributed by atoms with Gasteiger partial charge in [-0.15, -0.1) is 0 Å². The summed E-state index contributed by atoms with van der Waals surface area (Å²) in [5, 5.41) is 5.20. The molecule has 1 amide bonds. The van der Waals surface area contributed by atoms with Gasteiger partial charge in [0, 0.05) is 19.6 Å². The molecule has 0 spiro atoms. The SMILES string of the molecule is CCOC(=O)C[C@H]1C(=O)NCCN1Cc1cccc2ccccc12. The molecular weight excluding hydrogens is 304 g/mol. The molecule has 0 bridgehead atoms. The van der Waals surface area contributed by atoms with Gasteiger partial charge in [0.05, 0.1) is 13.0 Å². The van der Waals surface area contributed by atoms with E-state index in [2.05, 4.69) is 34.5 Å². The number of nitrogens with one attached hydrogen (secondary N) is 1. The number of nitrogens with zero attached hydrogens (tertiary/aromatic N) is 1. The largest absolute Gasteiger partial charge is 0.466 e. The normalized spacial score (nSPS) is 18.4. The molecule has 0 aromatic heterocycles. The molecule has 0 saturated carbocycles. The van der Waals surface area contributed by atoms with E-state index in [4.69, 9.17) is 4.74 Å². The lowest BCUT2D eigenvalue weighted by atomic mass is 10.0. The molecule has 5 nitrogen and oxygen atoms in total. The van der Waals surface area contributed by atoms with Gasteiger partial charge in [0.2, 0.25) is 5.91 Å². The van der Waals surface area contributed by atoms with Crippen molar-refractivity contribution in [1.82, 2.24) is 10.2 Å². The molecule has 1 fully saturated rings. The number of hydrogen-bond acceptors (Lipinski definition) is 4. The Hall–Kier alpha value is -2.40. The fourth-order valence-electron chi connectivity index (χ4n) is 3.20. The molecule has 1 aliphatic heterocycles. The van der Waals surface area contributed by atoms with Gasteiger partial charge in [0.25, 0.3) is 0 Å². The van der Waals surface area contributed by atoms with E-state index in [1.54, 1.807) is 6.92 Å². The van der Waals surface area contributed by atoms with Crippen LogP contribution in [0.2, 0.25) is 0 Å². The Kier molecular flexibility index (Phi) is 5.11. The molecule has 5 heteroatoms. The second-order valence-electron chi connectivity index (χ2n) is 5.92. The van der Waals surface area contributed by atoms with E-state index in [-0.39, 0.29) is 18.3 Å². The van der Waals surface area contributed by atoms with Crippen LogP contribution in [0.5, 0.6) is 0 Å². The zero-order valence-corrected chi connectivity index (χ0v) is 13.8. The lowest BCUT2D eigenvalue weighted by Crippen LogP contribution is -2.55. The summed E-state index contributed by atoms with van der Waals surface area (Å²) in [6.07, 6.45) is 0.0877. The number of fused-ring (bicyclic) bond motifs is 1. The maximum atomic E-state index is 12.2. The minimum absolute atomic E-state index is 0.0877. The Labute approximate surface area is 141 Å². The maximum absolute atomic E-state index is 12.2. The molecule has 3 rings (SSSR count). The van der Waals surface area contributed by atoms with Crippen molar-refractivity contribution in [2.24, 2.45) is 0 Å². The topological polar surface area (TPSA) is 58.6 Å². The van der Waals surface area contributed by atoms with E-state index < -0.39 is 6.04 Å². The van der Waals surface area contributed by atoms with Crippen LogP contribution in [0.3, 0.4) is 0 Å². The molecule has 2 aromatic rings. The number of ether oxygens (including phenoxy) is 1. The van der Waals surface area contributed by atoms with Crippen molar-refractivity contribution in [3.8, 4) is 0 Å². The molecule has 1 saturated heterocycles. The van der Waals surface area contributed by atoms with Crippen molar-refractivity contribution in [2.45, 2.75) is 25.9 Å². The van der Waals surface area contributed by atoms with Crippen LogP contribution in [0.4, 0.5) is 0 Å². The number of benzene rings is 2. The third-order valence-electron chi connectivity index (χ3n) is 4.36. The third-order valence-corrected chi connectivity index (χ3v) is 4.36. The van der Waals surface area contributed by atoms with Gasteiger partial charge in [-0.1, -0.05) is 42.5 Å². The third kappa shape index (κ3) is 3.57. The molecule has 126 valence electrons. The molecule has 1 N–H and O–H groups in total. The van der Waals surface area contributed by atoms with Crippen LogP contribution < -0.4 is 5.32 Å². The Morgan fingerprint density at radius 3 is 2.88 bits per heavy atom. The van der Waals surface area contributed by atoms with Crippen molar-refractivity contribution in [3.05, 3.63) is 48.0 Å². The molecule has 1 heterocycles. The predicted octanol–water partition coefficient (Wildman–Crippen LogP) is 2.09. The highest BCUT2D eigenvalue weighted by atomic mass is 16.5. The summed E-state index contributed by atoms with van der Waals surface area (Å²) in [5.41, 5.74) is 1.16. The molecular formula is C19H22N2O3. The summed E-state index contributed by atoms with van der Waals surface area (Å²) in [5.74, 6) is -0.433. The summed E-state index contributed by atoms with van der Waals surface area (Å²) in [6.45, 7) is 4.06. The number of rotatable bonds is 5. The van der Waals surface area contributed by atoms with Crippen molar-refractivity contribution >= 4 is 22.6 Å². The molecule has 0 aliphatic carbocycles. The van der Waals surface area contributed by atoms with Gasteiger partial charge in [-0.25, -0.2) is 0 Å². The van der Waals surface area contributed by atoms with Crippen LogP contribution in [0.15, 0.2) is 42.5 Å². The number of amides is 1. The van der Waals surface area contributed by atoms with Crippen LogP contribution >= 0.6 is 0 Å². The predicted molar refractivity (Wildman–Crippen MR) is 92.4 cm³/mol. The lowest BCUT2D eigenvalue weighted by molar-refractivity contribution is -0.148. The molecule has 2 aromatic carbocycles. The summed E-state index contributed by atoms with van der Waals surface area (Å²) in [4.78, 5) is 26.1. The van der Waals surface area contributed by atoms with E-state index in [0.717, 1.165) is 12.1 Å². The van der Waals surface area contributed by atoms with Crippen LogP contribution in [0.25, 0.3) is 10.8 Å². The van der Waals surface area contributed by atoms with Crippen molar-refractivity contribution in [1.29, 1.82) is 0 Å².